The van der Waals surface area contributed by atoms with Crippen LogP contribution >= 0.6 is 0 Å². The number of hydrogen-bond donors (Lipinski definition) is 2. The van der Waals surface area contributed by atoms with E-state index >= 15 is 0 Å². The molecule has 0 radical (unpaired) electrons. The van der Waals surface area contributed by atoms with Crippen molar-refractivity contribution >= 4 is 0 Å². The van der Waals surface area contributed by atoms with Crippen molar-refractivity contribution in [3.05, 3.63) is 35.9 Å². The lowest BCUT2D eigenvalue weighted by Crippen LogP contribution is -2.44. The van der Waals surface area contributed by atoms with Crippen LogP contribution in [-0.4, -0.2) is 23.8 Å². The van der Waals surface area contributed by atoms with E-state index in [2.05, 4.69) is 42.6 Å². The molecule has 0 heterocycles. The molecule has 0 saturated heterocycles. The zero-order chi connectivity index (χ0) is 13.6. The number of rotatable bonds is 6. The van der Waals surface area contributed by atoms with Crippen LogP contribution in [0.1, 0.15) is 44.6 Å². The molecule has 1 aliphatic carbocycles. The van der Waals surface area contributed by atoms with Gasteiger partial charge >= 0.3 is 0 Å². The van der Waals surface area contributed by atoms with Gasteiger partial charge in [0, 0.05) is 6.54 Å². The third kappa shape index (κ3) is 4.96. The van der Waals surface area contributed by atoms with Crippen LogP contribution in [0, 0.1) is 5.92 Å². The molecule has 0 aliphatic heterocycles. The molecule has 106 valence electrons. The summed E-state index contributed by atoms with van der Waals surface area (Å²) in [5.74, 6) is 0.671. The highest BCUT2D eigenvalue weighted by atomic mass is 16.3. The summed E-state index contributed by atoms with van der Waals surface area (Å²) in [5, 5.41) is 13.9. The number of nitrogens with one attached hydrogen (secondary N) is 1. The van der Waals surface area contributed by atoms with E-state index in [-0.39, 0.29) is 0 Å². The Morgan fingerprint density at radius 3 is 2.84 bits per heavy atom. The predicted molar refractivity (Wildman–Crippen MR) is 80.2 cm³/mol. The smallest absolute Gasteiger partial charge is 0.0774 e. The van der Waals surface area contributed by atoms with Gasteiger partial charge in [-0.3, -0.25) is 0 Å². The maximum atomic E-state index is 10.5. The van der Waals surface area contributed by atoms with Crippen molar-refractivity contribution in [2.45, 2.75) is 51.0 Å². The van der Waals surface area contributed by atoms with Crippen molar-refractivity contribution in [3.8, 4) is 0 Å². The highest BCUT2D eigenvalue weighted by molar-refractivity contribution is 5.14. The summed E-state index contributed by atoms with van der Waals surface area (Å²) in [5.41, 5.74) is 0.944. The number of hydrogen-bond acceptors (Lipinski definition) is 2. The molecular formula is C17H27NO. The van der Waals surface area contributed by atoms with Gasteiger partial charge in [0.25, 0.3) is 0 Å². The largest absolute Gasteiger partial charge is 0.389 e. The maximum absolute atomic E-state index is 10.5. The number of aliphatic hydroxyl groups is 1. The Morgan fingerprint density at radius 1 is 1.32 bits per heavy atom. The maximum Gasteiger partial charge on any atom is 0.0774 e. The minimum Gasteiger partial charge on any atom is -0.389 e. The van der Waals surface area contributed by atoms with E-state index in [1.807, 2.05) is 0 Å². The minimum atomic E-state index is -0.454. The van der Waals surface area contributed by atoms with E-state index < -0.39 is 5.60 Å². The fourth-order valence-electron chi connectivity index (χ4n) is 3.18. The van der Waals surface area contributed by atoms with Gasteiger partial charge in [0.1, 0.15) is 0 Å². The summed E-state index contributed by atoms with van der Waals surface area (Å²) in [7, 11) is 0. The molecular weight excluding hydrogens is 234 g/mol. The summed E-state index contributed by atoms with van der Waals surface area (Å²) < 4.78 is 0. The molecule has 2 nitrogen and oxygen atoms in total. The lowest BCUT2D eigenvalue weighted by Gasteiger charge is -2.35. The van der Waals surface area contributed by atoms with Gasteiger partial charge in [-0.15, -0.1) is 0 Å². The summed E-state index contributed by atoms with van der Waals surface area (Å²) in [4.78, 5) is 0. The topological polar surface area (TPSA) is 32.3 Å². The molecule has 1 saturated carbocycles. The average molecular weight is 261 g/mol. The first-order chi connectivity index (χ1) is 9.18. The first-order valence-corrected chi connectivity index (χ1v) is 7.65. The van der Waals surface area contributed by atoms with E-state index in [9.17, 15) is 5.11 Å². The van der Waals surface area contributed by atoms with Gasteiger partial charge in [-0.1, -0.05) is 50.1 Å². The zero-order valence-electron chi connectivity index (χ0n) is 12.1. The Bertz CT molecular complexity index is 365. The van der Waals surface area contributed by atoms with Crippen molar-refractivity contribution in [2.75, 3.05) is 13.1 Å². The molecule has 1 aromatic rings. The molecule has 0 amide bonds. The Kier molecular flexibility index (Phi) is 5.41. The van der Waals surface area contributed by atoms with Gasteiger partial charge in [0.15, 0.2) is 0 Å². The Morgan fingerprint density at radius 2 is 2.11 bits per heavy atom. The lowest BCUT2D eigenvalue weighted by molar-refractivity contribution is -0.0115. The summed E-state index contributed by atoms with van der Waals surface area (Å²) in [6.45, 7) is 4.00. The molecule has 2 N–H and O–H groups in total. The minimum absolute atomic E-state index is 0.454. The van der Waals surface area contributed by atoms with E-state index in [1.54, 1.807) is 0 Å². The quantitative estimate of drug-likeness (QED) is 0.771. The first kappa shape index (κ1) is 14.5. The van der Waals surface area contributed by atoms with Crippen LogP contribution < -0.4 is 5.32 Å². The van der Waals surface area contributed by atoms with Crippen molar-refractivity contribution in [1.82, 2.24) is 5.32 Å². The standard InChI is InChI=1S/C17H27NO/c1-15-7-5-11-17(19,13-15)14-18-12-6-10-16-8-3-2-4-9-16/h2-4,8-9,15,18-19H,5-7,10-14H2,1H3. The number of aryl methyl sites for hydroxylation is 1. The fourth-order valence-corrected chi connectivity index (χ4v) is 3.18. The Labute approximate surface area is 117 Å². The molecule has 0 bridgehead atoms. The van der Waals surface area contributed by atoms with E-state index in [4.69, 9.17) is 0 Å². The van der Waals surface area contributed by atoms with Crippen LogP contribution in [-0.2, 0) is 6.42 Å². The first-order valence-electron chi connectivity index (χ1n) is 7.65. The molecule has 1 aliphatic rings. The van der Waals surface area contributed by atoms with Gasteiger partial charge in [-0.2, -0.15) is 0 Å². The predicted octanol–water partition coefficient (Wildman–Crippen LogP) is 3.15. The van der Waals surface area contributed by atoms with Crippen LogP contribution in [0.25, 0.3) is 0 Å². The second kappa shape index (κ2) is 7.06. The highest BCUT2D eigenvalue weighted by Crippen LogP contribution is 2.31. The lowest BCUT2D eigenvalue weighted by atomic mass is 9.79. The molecule has 2 rings (SSSR count). The van der Waals surface area contributed by atoms with Crippen molar-refractivity contribution in [3.63, 3.8) is 0 Å². The molecule has 19 heavy (non-hydrogen) atoms. The third-order valence-electron chi connectivity index (χ3n) is 4.18. The van der Waals surface area contributed by atoms with Crippen LogP contribution in [0.5, 0.6) is 0 Å². The Balaban J connectivity index is 1.61. The summed E-state index contributed by atoms with van der Waals surface area (Å²) >= 11 is 0. The van der Waals surface area contributed by atoms with Gasteiger partial charge in [0.05, 0.1) is 5.60 Å². The molecule has 2 atom stereocenters. The molecule has 0 spiro atoms. The Hall–Kier alpha value is -0.860. The molecule has 1 fully saturated rings. The van der Waals surface area contributed by atoms with Gasteiger partial charge in [-0.05, 0) is 43.7 Å². The second-order valence-corrected chi connectivity index (χ2v) is 6.19. The van der Waals surface area contributed by atoms with Crippen LogP contribution in [0.4, 0.5) is 0 Å². The average Bonchev–Trinajstić information content (AvgIpc) is 2.39. The monoisotopic (exact) mass is 261 g/mol. The van der Waals surface area contributed by atoms with Gasteiger partial charge in [0.2, 0.25) is 0 Å². The van der Waals surface area contributed by atoms with Crippen LogP contribution in [0.15, 0.2) is 30.3 Å². The second-order valence-electron chi connectivity index (χ2n) is 6.19. The van der Waals surface area contributed by atoms with Gasteiger partial charge < -0.3 is 10.4 Å². The molecule has 0 aromatic heterocycles. The van der Waals surface area contributed by atoms with Crippen molar-refractivity contribution in [2.24, 2.45) is 5.92 Å². The van der Waals surface area contributed by atoms with E-state index in [1.165, 1.54) is 18.4 Å². The highest BCUT2D eigenvalue weighted by Gasteiger charge is 2.31. The SMILES string of the molecule is CC1CCCC(O)(CNCCCc2ccccc2)C1. The van der Waals surface area contributed by atoms with E-state index in [0.29, 0.717) is 5.92 Å². The molecule has 2 heteroatoms. The van der Waals surface area contributed by atoms with Crippen LogP contribution in [0.3, 0.4) is 0 Å². The van der Waals surface area contributed by atoms with E-state index in [0.717, 1.165) is 38.8 Å². The number of benzene rings is 1. The van der Waals surface area contributed by atoms with Crippen LogP contribution in [0.2, 0.25) is 0 Å². The van der Waals surface area contributed by atoms with Crippen molar-refractivity contribution in [1.29, 1.82) is 0 Å². The fraction of sp³-hybridized carbons (Fsp3) is 0.647. The summed E-state index contributed by atoms with van der Waals surface area (Å²) in [6, 6.07) is 10.6. The molecule has 1 aromatic carbocycles. The summed E-state index contributed by atoms with van der Waals surface area (Å²) in [6.07, 6.45) is 6.61. The third-order valence-corrected chi connectivity index (χ3v) is 4.18. The van der Waals surface area contributed by atoms with Gasteiger partial charge in [-0.25, -0.2) is 0 Å². The zero-order valence-corrected chi connectivity index (χ0v) is 12.1. The molecule has 2 unspecified atom stereocenters. The van der Waals surface area contributed by atoms with Crippen molar-refractivity contribution < 1.29 is 5.11 Å². The normalized spacial score (nSPS) is 27.4.